The molecule has 1 saturated heterocycles. The van der Waals surface area contributed by atoms with Crippen molar-refractivity contribution in [3.05, 3.63) is 63.6 Å². The van der Waals surface area contributed by atoms with Crippen LogP contribution in [0.25, 0.3) is 0 Å². The average molecular weight is 421 g/mol. The standard InChI is InChI=1S/C17H16Cl2F2N2O2S/c18-14-2-1-3-15(19)13(14)11-22-6-8-23(9-7-22)26(24,25)17-10-12(20)4-5-16(17)21/h1-5,10H,6-9,11H2. The second-order valence-electron chi connectivity index (χ2n) is 5.96. The molecule has 0 radical (unpaired) electrons. The van der Waals surface area contributed by atoms with Crippen molar-refractivity contribution in [1.29, 1.82) is 0 Å². The molecule has 0 N–H and O–H groups in total. The second-order valence-corrected chi connectivity index (χ2v) is 8.68. The molecular weight excluding hydrogens is 405 g/mol. The molecule has 9 heteroatoms. The van der Waals surface area contributed by atoms with Crippen LogP contribution in [0.3, 0.4) is 0 Å². The second kappa shape index (κ2) is 7.78. The summed E-state index contributed by atoms with van der Waals surface area (Å²) in [4.78, 5) is 1.38. The lowest BCUT2D eigenvalue weighted by Crippen LogP contribution is -2.48. The number of nitrogens with zero attached hydrogens (tertiary/aromatic N) is 2. The first kappa shape index (κ1) is 19.5. The lowest BCUT2D eigenvalue weighted by atomic mass is 10.2. The summed E-state index contributed by atoms with van der Waals surface area (Å²) in [6.45, 7) is 1.68. The van der Waals surface area contributed by atoms with Crippen molar-refractivity contribution < 1.29 is 17.2 Å². The Balaban J connectivity index is 1.71. The van der Waals surface area contributed by atoms with Gasteiger partial charge in [-0.1, -0.05) is 29.3 Å². The summed E-state index contributed by atoms with van der Waals surface area (Å²) < 4.78 is 53.5. The van der Waals surface area contributed by atoms with Crippen LogP contribution in [0.15, 0.2) is 41.3 Å². The molecular formula is C17H16Cl2F2N2O2S. The molecule has 4 nitrogen and oxygen atoms in total. The van der Waals surface area contributed by atoms with Crippen LogP contribution >= 0.6 is 23.2 Å². The van der Waals surface area contributed by atoms with E-state index in [0.717, 1.165) is 22.0 Å². The zero-order chi connectivity index (χ0) is 18.9. The molecule has 0 atom stereocenters. The van der Waals surface area contributed by atoms with E-state index < -0.39 is 26.6 Å². The Hall–Kier alpha value is -1.25. The van der Waals surface area contributed by atoms with Gasteiger partial charge in [-0.3, -0.25) is 4.90 Å². The van der Waals surface area contributed by atoms with E-state index in [9.17, 15) is 17.2 Å². The Morgan fingerprint density at radius 2 is 1.58 bits per heavy atom. The normalized spacial score (nSPS) is 16.8. The Labute approximate surface area is 161 Å². The van der Waals surface area contributed by atoms with E-state index in [1.54, 1.807) is 18.2 Å². The molecule has 0 saturated carbocycles. The third-order valence-electron chi connectivity index (χ3n) is 4.29. The molecule has 2 aromatic rings. The molecule has 0 amide bonds. The van der Waals surface area contributed by atoms with E-state index in [4.69, 9.17) is 23.2 Å². The molecule has 0 unspecified atom stereocenters. The Kier molecular flexibility index (Phi) is 5.84. The zero-order valence-electron chi connectivity index (χ0n) is 13.6. The van der Waals surface area contributed by atoms with Gasteiger partial charge in [-0.25, -0.2) is 17.2 Å². The molecule has 0 aliphatic carbocycles. The van der Waals surface area contributed by atoms with Crippen LogP contribution in [0.2, 0.25) is 10.0 Å². The first-order valence-corrected chi connectivity index (χ1v) is 10.1. The fraction of sp³-hybridized carbons (Fsp3) is 0.294. The summed E-state index contributed by atoms with van der Waals surface area (Å²) >= 11 is 12.3. The van der Waals surface area contributed by atoms with Gasteiger partial charge in [0.2, 0.25) is 10.0 Å². The molecule has 140 valence electrons. The highest BCUT2D eigenvalue weighted by molar-refractivity contribution is 7.89. The molecule has 1 heterocycles. The van der Waals surface area contributed by atoms with Gasteiger partial charge in [0.05, 0.1) is 0 Å². The van der Waals surface area contributed by atoms with Gasteiger partial charge < -0.3 is 0 Å². The summed E-state index contributed by atoms with van der Waals surface area (Å²) in [6, 6.07) is 7.66. The lowest BCUT2D eigenvalue weighted by Gasteiger charge is -2.34. The first-order chi connectivity index (χ1) is 12.3. The number of halogens is 4. The molecule has 2 aromatic carbocycles. The molecule has 0 spiro atoms. The van der Waals surface area contributed by atoms with Crippen molar-refractivity contribution in [2.75, 3.05) is 26.2 Å². The van der Waals surface area contributed by atoms with Gasteiger partial charge >= 0.3 is 0 Å². The summed E-state index contributed by atoms with van der Waals surface area (Å²) in [7, 11) is -4.09. The largest absolute Gasteiger partial charge is 0.296 e. The molecule has 0 aromatic heterocycles. The van der Waals surface area contributed by atoms with Crippen molar-refractivity contribution in [3.8, 4) is 0 Å². The number of piperazine rings is 1. The lowest BCUT2D eigenvalue weighted by molar-refractivity contribution is 0.181. The van der Waals surface area contributed by atoms with E-state index >= 15 is 0 Å². The summed E-state index contributed by atoms with van der Waals surface area (Å²) in [5.74, 6) is -1.76. The van der Waals surface area contributed by atoms with Crippen LogP contribution in [0, 0.1) is 11.6 Å². The van der Waals surface area contributed by atoms with Crippen molar-refractivity contribution in [3.63, 3.8) is 0 Å². The minimum absolute atomic E-state index is 0.167. The summed E-state index contributed by atoms with van der Waals surface area (Å²) in [6.07, 6.45) is 0. The van der Waals surface area contributed by atoms with E-state index in [0.29, 0.717) is 35.7 Å². The number of rotatable bonds is 4. The maximum atomic E-state index is 13.9. The van der Waals surface area contributed by atoms with Crippen molar-refractivity contribution in [2.24, 2.45) is 0 Å². The molecule has 3 rings (SSSR count). The van der Waals surface area contributed by atoms with Crippen LogP contribution in [-0.2, 0) is 16.6 Å². The Morgan fingerprint density at radius 1 is 0.962 bits per heavy atom. The number of benzene rings is 2. The maximum absolute atomic E-state index is 13.9. The van der Waals surface area contributed by atoms with E-state index in [2.05, 4.69) is 0 Å². The maximum Gasteiger partial charge on any atom is 0.246 e. The third-order valence-corrected chi connectivity index (χ3v) is 6.91. The predicted molar refractivity (Wildman–Crippen MR) is 96.9 cm³/mol. The van der Waals surface area contributed by atoms with Gasteiger partial charge in [-0.05, 0) is 30.3 Å². The fourth-order valence-corrected chi connectivity index (χ4v) is 4.86. The van der Waals surface area contributed by atoms with Crippen molar-refractivity contribution in [2.45, 2.75) is 11.4 Å². The third kappa shape index (κ3) is 4.02. The summed E-state index contributed by atoms with van der Waals surface area (Å²) in [5.41, 5.74) is 0.781. The fourth-order valence-electron chi connectivity index (χ4n) is 2.85. The minimum atomic E-state index is -4.09. The quantitative estimate of drug-likeness (QED) is 0.755. The van der Waals surface area contributed by atoms with Crippen molar-refractivity contribution in [1.82, 2.24) is 9.21 Å². The first-order valence-electron chi connectivity index (χ1n) is 7.89. The smallest absolute Gasteiger partial charge is 0.246 e. The van der Waals surface area contributed by atoms with Crippen LogP contribution in [0.5, 0.6) is 0 Å². The van der Waals surface area contributed by atoms with Gasteiger partial charge in [0.25, 0.3) is 0 Å². The van der Waals surface area contributed by atoms with Gasteiger partial charge in [-0.15, -0.1) is 0 Å². The number of hydrogen-bond acceptors (Lipinski definition) is 3. The summed E-state index contributed by atoms with van der Waals surface area (Å²) in [5, 5.41) is 1.10. The van der Waals surface area contributed by atoms with E-state index in [1.807, 2.05) is 4.90 Å². The van der Waals surface area contributed by atoms with Gasteiger partial charge in [-0.2, -0.15) is 4.31 Å². The molecule has 1 fully saturated rings. The highest BCUT2D eigenvalue weighted by Gasteiger charge is 2.31. The number of hydrogen-bond donors (Lipinski definition) is 0. The van der Waals surface area contributed by atoms with Crippen molar-refractivity contribution >= 4 is 33.2 Å². The van der Waals surface area contributed by atoms with E-state index in [1.165, 1.54) is 0 Å². The van der Waals surface area contributed by atoms with Gasteiger partial charge in [0, 0.05) is 48.3 Å². The SMILES string of the molecule is O=S(=O)(c1cc(F)ccc1F)N1CCN(Cc2c(Cl)cccc2Cl)CC1. The molecule has 26 heavy (non-hydrogen) atoms. The predicted octanol–water partition coefficient (Wildman–Crippen LogP) is 3.78. The van der Waals surface area contributed by atoms with Crippen LogP contribution in [-0.4, -0.2) is 43.8 Å². The highest BCUT2D eigenvalue weighted by Crippen LogP contribution is 2.27. The molecule has 0 bridgehead atoms. The zero-order valence-corrected chi connectivity index (χ0v) is 16.0. The number of sulfonamides is 1. The Morgan fingerprint density at radius 3 is 2.19 bits per heavy atom. The molecule has 1 aliphatic rings. The monoisotopic (exact) mass is 420 g/mol. The average Bonchev–Trinajstić information content (AvgIpc) is 2.61. The minimum Gasteiger partial charge on any atom is -0.296 e. The molecule has 1 aliphatic heterocycles. The van der Waals surface area contributed by atoms with Gasteiger partial charge in [0.1, 0.15) is 16.5 Å². The van der Waals surface area contributed by atoms with Crippen LogP contribution < -0.4 is 0 Å². The van der Waals surface area contributed by atoms with Crippen LogP contribution in [0.4, 0.5) is 8.78 Å². The Bertz CT molecular complexity index is 897. The highest BCUT2D eigenvalue weighted by atomic mass is 35.5. The van der Waals surface area contributed by atoms with Gasteiger partial charge in [0.15, 0.2) is 0 Å². The topological polar surface area (TPSA) is 40.6 Å². The van der Waals surface area contributed by atoms with Crippen LogP contribution in [0.1, 0.15) is 5.56 Å². The van der Waals surface area contributed by atoms with E-state index in [-0.39, 0.29) is 13.1 Å².